The lowest BCUT2D eigenvalue weighted by molar-refractivity contribution is -0.126. The molecule has 0 spiro atoms. The lowest BCUT2D eigenvalue weighted by Crippen LogP contribution is -2.23. The number of rotatable bonds is 1. The van der Waals surface area contributed by atoms with Crippen LogP contribution in [0.15, 0.2) is 30.3 Å². The molecular formula is C10H11NO2. The quantitative estimate of drug-likeness (QED) is 0.644. The highest BCUT2D eigenvalue weighted by Gasteiger charge is 2.29. The smallest absolute Gasteiger partial charge is 0.250 e. The molecule has 0 N–H and O–H groups in total. The molecule has 0 saturated carbocycles. The van der Waals surface area contributed by atoms with E-state index in [9.17, 15) is 4.79 Å². The molecule has 68 valence electrons. The second kappa shape index (κ2) is 3.18. The number of hydrogen-bond donors (Lipinski definition) is 0. The third-order valence-electron chi connectivity index (χ3n) is 2.19. The van der Waals surface area contributed by atoms with Crippen LogP contribution >= 0.6 is 0 Å². The van der Waals surface area contributed by atoms with Crippen molar-refractivity contribution in [3.8, 4) is 0 Å². The molecule has 1 aromatic carbocycles. The maximum atomic E-state index is 11.2. The topological polar surface area (TPSA) is 29.5 Å². The fourth-order valence-corrected chi connectivity index (χ4v) is 1.43. The lowest BCUT2D eigenvalue weighted by atomic mass is 10.2. The molecule has 1 aromatic rings. The van der Waals surface area contributed by atoms with Gasteiger partial charge in [-0.2, -0.15) is 0 Å². The Morgan fingerprint density at radius 1 is 1.38 bits per heavy atom. The predicted octanol–water partition coefficient (Wildman–Crippen LogP) is 1.17. The van der Waals surface area contributed by atoms with Crippen molar-refractivity contribution in [1.29, 1.82) is 0 Å². The normalized spacial score (nSPS) is 22.4. The van der Waals surface area contributed by atoms with Crippen molar-refractivity contribution in [3.05, 3.63) is 35.9 Å². The van der Waals surface area contributed by atoms with E-state index < -0.39 is 0 Å². The largest absolute Gasteiger partial charge is 0.344 e. The molecule has 1 fully saturated rings. The SMILES string of the molecule is CN1C(=O)COC1c1ccccc1. The first-order valence-electron chi connectivity index (χ1n) is 4.21. The summed E-state index contributed by atoms with van der Waals surface area (Å²) in [7, 11) is 1.76. The molecule has 1 saturated heterocycles. The van der Waals surface area contributed by atoms with Crippen molar-refractivity contribution < 1.29 is 9.53 Å². The van der Waals surface area contributed by atoms with Crippen LogP contribution < -0.4 is 0 Å². The lowest BCUT2D eigenvalue weighted by Gasteiger charge is -2.17. The van der Waals surface area contributed by atoms with Gasteiger partial charge in [-0.15, -0.1) is 0 Å². The fourth-order valence-electron chi connectivity index (χ4n) is 1.43. The molecule has 0 radical (unpaired) electrons. The van der Waals surface area contributed by atoms with Gasteiger partial charge in [-0.05, 0) is 0 Å². The summed E-state index contributed by atoms with van der Waals surface area (Å²) in [4.78, 5) is 12.8. The van der Waals surface area contributed by atoms with Crippen LogP contribution in [0.3, 0.4) is 0 Å². The molecule has 1 heterocycles. The highest BCUT2D eigenvalue weighted by atomic mass is 16.5. The van der Waals surface area contributed by atoms with Crippen LogP contribution in [0.4, 0.5) is 0 Å². The second-order valence-corrected chi connectivity index (χ2v) is 3.08. The number of carbonyl (C=O) groups is 1. The molecule has 0 aliphatic carbocycles. The van der Waals surface area contributed by atoms with Crippen molar-refractivity contribution in [2.45, 2.75) is 6.23 Å². The highest BCUT2D eigenvalue weighted by molar-refractivity contribution is 5.79. The van der Waals surface area contributed by atoms with Crippen molar-refractivity contribution in [2.75, 3.05) is 13.7 Å². The van der Waals surface area contributed by atoms with Crippen LogP contribution in [0.1, 0.15) is 11.8 Å². The van der Waals surface area contributed by atoms with E-state index in [0.29, 0.717) is 0 Å². The first-order valence-corrected chi connectivity index (χ1v) is 4.21. The van der Waals surface area contributed by atoms with Gasteiger partial charge >= 0.3 is 0 Å². The van der Waals surface area contributed by atoms with Crippen molar-refractivity contribution >= 4 is 5.91 Å². The summed E-state index contributed by atoms with van der Waals surface area (Å²) in [5.74, 6) is 0.0360. The van der Waals surface area contributed by atoms with Gasteiger partial charge in [-0.25, -0.2) is 0 Å². The minimum absolute atomic E-state index is 0.0360. The number of carbonyl (C=O) groups excluding carboxylic acids is 1. The van der Waals surface area contributed by atoms with E-state index in [1.54, 1.807) is 11.9 Å². The van der Waals surface area contributed by atoms with Crippen LogP contribution in [0.5, 0.6) is 0 Å². The number of amides is 1. The standard InChI is InChI=1S/C10H11NO2/c1-11-9(12)7-13-10(11)8-5-3-2-4-6-8/h2-6,10H,7H2,1H3. The average molecular weight is 177 g/mol. The zero-order valence-corrected chi connectivity index (χ0v) is 7.43. The molecule has 2 rings (SSSR count). The summed E-state index contributed by atoms with van der Waals surface area (Å²) < 4.78 is 5.34. The minimum atomic E-state index is -0.200. The van der Waals surface area contributed by atoms with Gasteiger partial charge < -0.3 is 9.64 Å². The van der Waals surface area contributed by atoms with Crippen LogP contribution in [-0.4, -0.2) is 24.5 Å². The molecule has 0 bridgehead atoms. The maximum absolute atomic E-state index is 11.2. The summed E-state index contributed by atoms with van der Waals surface area (Å²) in [6.45, 7) is 0.191. The zero-order valence-electron chi connectivity index (χ0n) is 7.43. The summed E-state index contributed by atoms with van der Waals surface area (Å²) in [5.41, 5.74) is 1.02. The molecule has 0 aromatic heterocycles. The fraction of sp³-hybridized carbons (Fsp3) is 0.300. The Morgan fingerprint density at radius 3 is 2.62 bits per heavy atom. The third kappa shape index (κ3) is 1.42. The van der Waals surface area contributed by atoms with Gasteiger partial charge in [-0.3, -0.25) is 4.79 Å². The first kappa shape index (κ1) is 8.26. The molecule has 1 unspecified atom stereocenters. The monoisotopic (exact) mass is 177 g/mol. The van der Waals surface area contributed by atoms with E-state index in [1.807, 2.05) is 30.3 Å². The summed E-state index contributed by atoms with van der Waals surface area (Å²) in [5, 5.41) is 0. The number of likely N-dealkylation sites (N-methyl/N-ethyl adjacent to an activating group) is 1. The van der Waals surface area contributed by atoms with E-state index >= 15 is 0 Å². The highest BCUT2D eigenvalue weighted by Crippen LogP contribution is 2.25. The van der Waals surface area contributed by atoms with Gasteiger partial charge in [0, 0.05) is 12.6 Å². The molecule has 1 atom stereocenters. The Balaban J connectivity index is 2.24. The Kier molecular flexibility index (Phi) is 2.02. The van der Waals surface area contributed by atoms with Crippen LogP contribution in [0.25, 0.3) is 0 Å². The Morgan fingerprint density at radius 2 is 2.08 bits per heavy atom. The Hall–Kier alpha value is -1.35. The number of benzene rings is 1. The predicted molar refractivity (Wildman–Crippen MR) is 47.9 cm³/mol. The zero-order chi connectivity index (χ0) is 9.26. The van der Waals surface area contributed by atoms with E-state index in [2.05, 4.69) is 0 Å². The second-order valence-electron chi connectivity index (χ2n) is 3.08. The Labute approximate surface area is 76.9 Å². The van der Waals surface area contributed by atoms with Gasteiger partial charge in [0.15, 0.2) is 6.23 Å². The number of hydrogen-bond acceptors (Lipinski definition) is 2. The van der Waals surface area contributed by atoms with Gasteiger partial charge in [0.2, 0.25) is 0 Å². The van der Waals surface area contributed by atoms with Crippen molar-refractivity contribution in [3.63, 3.8) is 0 Å². The van der Waals surface area contributed by atoms with Crippen LogP contribution in [-0.2, 0) is 9.53 Å². The molecule has 3 heteroatoms. The van der Waals surface area contributed by atoms with E-state index in [-0.39, 0.29) is 18.7 Å². The maximum Gasteiger partial charge on any atom is 0.250 e. The van der Waals surface area contributed by atoms with Crippen LogP contribution in [0.2, 0.25) is 0 Å². The van der Waals surface area contributed by atoms with E-state index in [4.69, 9.17) is 4.74 Å². The summed E-state index contributed by atoms with van der Waals surface area (Å²) in [6.07, 6.45) is -0.200. The molecule has 1 aliphatic rings. The summed E-state index contributed by atoms with van der Waals surface area (Å²) in [6, 6.07) is 9.74. The molecule has 13 heavy (non-hydrogen) atoms. The van der Waals surface area contributed by atoms with E-state index in [1.165, 1.54) is 0 Å². The average Bonchev–Trinajstić information content (AvgIpc) is 2.49. The van der Waals surface area contributed by atoms with Gasteiger partial charge in [0.25, 0.3) is 5.91 Å². The molecule has 1 amide bonds. The number of ether oxygens (including phenoxy) is 1. The van der Waals surface area contributed by atoms with Gasteiger partial charge in [0.1, 0.15) is 6.61 Å². The molecular weight excluding hydrogens is 166 g/mol. The Bertz CT molecular complexity index is 310. The first-order chi connectivity index (χ1) is 6.29. The van der Waals surface area contributed by atoms with Gasteiger partial charge in [0.05, 0.1) is 0 Å². The minimum Gasteiger partial charge on any atom is -0.344 e. The van der Waals surface area contributed by atoms with Crippen molar-refractivity contribution in [1.82, 2.24) is 4.90 Å². The van der Waals surface area contributed by atoms with Gasteiger partial charge in [-0.1, -0.05) is 30.3 Å². The third-order valence-corrected chi connectivity index (χ3v) is 2.19. The molecule has 1 aliphatic heterocycles. The van der Waals surface area contributed by atoms with E-state index in [0.717, 1.165) is 5.56 Å². The van der Waals surface area contributed by atoms with Crippen molar-refractivity contribution in [2.24, 2.45) is 0 Å². The summed E-state index contributed by atoms with van der Waals surface area (Å²) >= 11 is 0. The van der Waals surface area contributed by atoms with Crippen LogP contribution in [0, 0.1) is 0 Å². The number of nitrogens with zero attached hydrogens (tertiary/aromatic N) is 1. The molecule has 3 nitrogen and oxygen atoms in total.